The highest BCUT2D eigenvalue weighted by Crippen LogP contribution is 2.38. The number of amides is 1. The van der Waals surface area contributed by atoms with Gasteiger partial charge in [-0.15, -0.1) is 0 Å². The smallest absolute Gasteiger partial charge is 0.310 e. The maximum Gasteiger partial charge on any atom is 0.433 e. The van der Waals surface area contributed by atoms with E-state index in [0.717, 1.165) is 36.4 Å². The molecule has 1 fully saturated rings. The molecule has 1 N–H and O–H groups in total. The Morgan fingerprint density at radius 1 is 0.967 bits per heavy atom. The zero-order chi connectivity index (χ0) is 22.3. The average molecular weight is 452 g/mol. The normalized spacial score (nSPS) is 19.8. The lowest BCUT2D eigenvalue weighted by Gasteiger charge is -2.33. The van der Waals surface area contributed by atoms with E-state index in [1.165, 1.54) is 0 Å². The number of carbonyl (C=O) groups is 1. The van der Waals surface area contributed by atoms with Crippen LogP contribution in [0.25, 0.3) is 0 Å². The molecule has 0 spiro atoms. The number of nitrogens with one attached hydrogen (secondary N) is 1. The third-order valence-corrected chi connectivity index (χ3v) is 6.86. The molecule has 1 aliphatic rings. The third-order valence-electron chi connectivity index (χ3n) is 4.69. The van der Waals surface area contributed by atoms with E-state index in [2.05, 4.69) is 10.3 Å². The van der Waals surface area contributed by atoms with Gasteiger partial charge in [0.2, 0.25) is 5.91 Å². The number of halogens is 6. The van der Waals surface area contributed by atoms with Gasteiger partial charge in [0.15, 0.2) is 9.84 Å². The highest BCUT2D eigenvalue weighted by molar-refractivity contribution is 7.92. The number of alkyl halides is 6. The summed E-state index contributed by atoms with van der Waals surface area (Å²) in [6.45, 7) is 0. The molecule has 3 rings (SSSR count). The van der Waals surface area contributed by atoms with Crippen molar-refractivity contribution in [3.05, 3.63) is 53.7 Å². The third kappa shape index (κ3) is 4.58. The SMILES string of the molecule is O=C(Nc1cccc(C(F)(F)F)n1)[C@H]1C[C@H](S(=O)(=O)c2cccc(C(F)(F)F)c2)C1. The van der Waals surface area contributed by atoms with Gasteiger partial charge in [-0.05, 0) is 43.2 Å². The van der Waals surface area contributed by atoms with Gasteiger partial charge in [-0.1, -0.05) is 12.1 Å². The Morgan fingerprint density at radius 3 is 2.20 bits per heavy atom. The van der Waals surface area contributed by atoms with Crippen molar-refractivity contribution >= 4 is 21.6 Å². The number of rotatable bonds is 4. The van der Waals surface area contributed by atoms with E-state index in [9.17, 15) is 39.6 Å². The number of pyridine rings is 1. The Morgan fingerprint density at radius 2 is 1.60 bits per heavy atom. The summed E-state index contributed by atoms with van der Waals surface area (Å²) < 4.78 is 102. The summed E-state index contributed by atoms with van der Waals surface area (Å²) >= 11 is 0. The fourth-order valence-electron chi connectivity index (χ4n) is 2.97. The first-order chi connectivity index (χ1) is 13.8. The van der Waals surface area contributed by atoms with E-state index in [4.69, 9.17) is 0 Å². The largest absolute Gasteiger partial charge is 0.433 e. The zero-order valence-corrected chi connectivity index (χ0v) is 15.8. The van der Waals surface area contributed by atoms with Crippen molar-refractivity contribution in [2.75, 3.05) is 5.32 Å². The highest BCUT2D eigenvalue weighted by Gasteiger charge is 2.43. The minimum atomic E-state index is -4.70. The Bertz CT molecular complexity index is 1060. The zero-order valence-electron chi connectivity index (χ0n) is 15.0. The van der Waals surface area contributed by atoms with Gasteiger partial charge >= 0.3 is 12.4 Å². The molecule has 12 heteroatoms. The van der Waals surface area contributed by atoms with Crippen LogP contribution in [-0.4, -0.2) is 24.6 Å². The molecule has 1 amide bonds. The lowest BCUT2D eigenvalue weighted by Crippen LogP contribution is -2.42. The van der Waals surface area contributed by atoms with Crippen molar-refractivity contribution in [2.45, 2.75) is 35.3 Å². The van der Waals surface area contributed by atoms with Crippen LogP contribution in [0.4, 0.5) is 32.2 Å². The summed E-state index contributed by atoms with van der Waals surface area (Å²) in [4.78, 5) is 15.0. The molecule has 30 heavy (non-hydrogen) atoms. The first kappa shape index (κ1) is 22.1. The summed E-state index contributed by atoms with van der Waals surface area (Å²) in [7, 11) is -4.09. The van der Waals surface area contributed by atoms with E-state index < -0.39 is 55.4 Å². The van der Waals surface area contributed by atoms with E-state index in [1.54, 1.807) is 0 Å². The van der Waals surface area contributed by atoms with E-state index in [1.807, 2.05) is 0 Å². The summed E-state index contributed by atoms with van der Waals surface area (Å²) in [5, 5.41) is 1.14. The highest BCUT2D eigenvalue weighted by atomic mass is 32.2. The summed E-state index contributed by atoms with van der Waals surface area (Å²) in [6.07, 6.45) is -9.72. The van der Waals surface area contributed by atoms with Crippen LogP contribution in [0.1, 0.15) is 24.1 Å². The number of hydrogen-bond acceptors (Lipinski definition) is 4. The van der Waals surface area contributed by atoms with E-state index >= 15 is 0 Å². The van der Waals surface area contributed by atoms with Crippen molar-refractivity contribution in [3.63, 3.8) is 0 Å². The maximum atomic E-state index is 12.8. The number of anilines is 1. The fourth-order valence-corrected chi connectivity index (χ4v) is 4.88. The lowest BCUT2D eigenvalue weighted by atomic mass is 9.84. The van der Waals surface area contributed by atoms with Gasteiger partial charge in [0.1, 0.15) is 11.5 Å². The first-order valence-electron chi connectivity index (χ1n) is 8.55. The standard InChI is InChI=1S/C18H14F6N2O3S/c19-17(20,21)11-3-1-4-12(9-11)30(28,29)13-7-10(8-13)16(27)26-15-6-2-5-14(25-15)18(22,23)24/h1-6,9-10,13H,7-8H2,(H,25,26,27)/t10-,13-. The quantitative estimate of drug-likeness (QED) is 0.702. The molecular weight excluding hydrogens is 438 g/mol. The number of sulfone groups is 1. The molecule has 0 radical (unpaired) electrons. The predicted molar refractivity (Wildman–Crippen MR) is 93.0 cm³/mol. The van der Waals surface area contributed by atoms with Crippen LogP contribution in [0.3, 0.4) is 0 Å². The van der Waals surface area contributed by atoms with Crippen LogP contribution in [0.15, 0.2) is 47.4 Å². The molecule has 1 aromatic heterocycles. The molecule has 2 aromatic rings. The topological polar surface area (TPSA) is 76.1 Å². The number of aromatic nitrogens is 1. The van der Waals surface area contributed by atoms with Crippen LogP contribution in [0, 0.1) is 5.92 Å². The number of nitrogens with zero attached hydrogens (tertiary/aromatic N) is 1. The van der Waals surface area contributed by atoms with E-state index in [-0.39, 0.29) is 18.7 Å². The minimum absolute atomic E-state index is 0.163. The molecule has 1 aliphatic carbocycles. The van der Waals surface area contributed by atoms with Gasteiger partial charge in [-0.25, -0.2) is 13.4 Å². The maximum absolute atomic E-state index is 12.8. The second-order valence-electron chi connectivity index (χ2n) is 6.76. The molecule has 0 bridgehead atoms. The summed E-state index contributed by atoms with van der Waals surface area (Å²) in [6, 6.07) is 6.27. The van der Waals surface area contributed by atoms with Crippen molar-refractivity contribution in [3.8, 4) is 0 Å². The number of carbonyl (C=O) groups excluding carboxylic acids is 1. The molecule has 162 valence electrons. The lowest BCUT2D eigenvalue weighted by molar-refractivity contribution is -0.141. The monoisotopic (exact) mass is 452 g/mol. The fraction of sp³-hybridized carbons (Fsp3) is 0.333. The Kier molecular flexibility index (Phi) is 5.56. The second-order valence-corrected chi connectivity index (χ2v) is 8.98. The molecular formula is C18H14F6N2O3S. The summed E-state index contributed by atoms with van der Waals surface area (Å²) in [5.41, 5.74) is -2.30. The number of benzene rings is 1. The molecule has 1 heterocycles. The van der Waals surface area contributed by atoms with Gasteiger partial charge in [0, 0.05) is 5.92 Å². The second kappa shape index (κ2) is 7.56. The Hall–Kier alpha value is -2.63. The molecule has 0 saturated heterocycles. The molecule has 0 aliphatic heterocycles. The molecule has 1 saturated carbocycles. The first-order valence-corrected chi connectivity index (χ1v) is 10.1. The van der Waals surface area contributed by atoms with Crippen molar-refractivity contribution in [1.82, 2.24) is 4.98 Å². The number of hydrogen-bond donors (Lipinski definition) is 1. The van der Waals surface area contributed by atoms with Gasteiger partial charge in [0.05, 0.1) is 15.7 Å². The Balaban J connectivity index is 1.66. The minimum Gasteiger partial charge on any atom is -0.310 e. The van der Waals surface area contributed by atoms with Crippen LogP contribution in [0.5, 0.6) is 0 Å². The molecule has 5 nitrogen and oxygen atoms in total. The van der Waals surface area contributed by atoms with Gasteiger partial charge in [-0.2, -0.15) is 26.3 Å². The van der Waals surface area contributed by atoms with Crippen molar-refractivity contribution in [1.29, 1.82) is 0 Å². The van der Waals surface area contributed by atoms with Crippen LogP contribution in [0.2, 0.25) is 0 Å². The van der Waals surface area contributed by atoms with Crippen LogP contribution < -0.4 is 5.32 Å². The van der Waals surface area contributed by atoms with Crippen LogP contribution >= 0.6 is 0 Å². The van der Waals surface area contributed by atoms with Gasteiger partial charge in [-0.3, -0.25) is 4.79 Å². The van der Waals surface area contributed by atoms with Crippen LogP contribution in [-0.2, 0) is 27.0 Å². The predicted octanol–water partition coefficient (Wildman–Crippen LogP) is 4.31. The van der Waals surface area contributed by atoms with Gasteiger partial charge < -0.3 is 5.32 Å². The molecule has 0 unspecified atom stereocenters. The van der Waals surface area contributed by atoms with Crippen molar-refractivity contribution < 1.29 is 39.6 Å². The molecule has 1 aromatic carbocycles. The Labute approximate surface area is 167 Å². The van der Waals surface area contributed by atoms with Crippen molar-refractivity contribution in [2.24, 2.45) is 5.92 Å². The summed E-state index contributed by atoms with van der Waals surface area (Å²) in [5.74, 6) is -1.86. The van der Waals surface area contributed by atoms with E-state index in [0.29, 0.717) is 6.07 Å². The van der Waals surface area contributed by atoms with Gasteiger partial charge in [0.25, 0.3) is 0 Å². The average Bonchev–Trinajstić information content (AvgIpc) is 2.59. The molecule has 0 atom stereocenters.